The second-order valence-corrected chi connectivity index (χ2v) is 11.0. The third kappa shape index (κ3) is 7.62. The molecule has 0 aliphatic carbocycles. The van der Waals surface area contributed by atoms with Gasteiger partial charge in [-0.05, 0) is 59.7 Å². The average molecular weight is 677 g/mol. The summed E-state index contributed by atoms with van der Waals surface area (Å²) in [6, 6.07) is 18.6. The zero-order chi connectivity index (χ0) is 33.8. The number of anilines is 8. The van der Waals surface area contributed by atoms with E-state index in [1.165, 1.54) is 12.1 Å². The molecule has 9 N–H and O–H groups in total. The van der Waals surface area contributed by atoms with Gasteiger partial charge in [0, 0.05) is 29.4 Å². The molecule has 1 aliphatic heterocycles. The van der Waals surface area contributed by atoms with Crippen molar-refractivity contribution in [1.82, 2.24) is 24.9 Å². The highest BCUT2D eigenvalue weighted by molar-refractivity contribution is 6.30. The summed E-state index contributed by atoms with van der Waals surface area (Å²) in [6.07, 6.45) is -4.19. The lowest BCUT2D eigenvalue weighted by Crippen LogP contribution is -2.16. The zero-order valence-electron chi connectivity index (χ0n) is 24.9. The van der Waals surface area contributed by atoms with Crippen molar-refractivity contribution >= 4 is 69.8 Å². The summed E-state index contributed by atoms with van der Waals surface area (Å²) in [4.78, 5) is 26.3. The van der Waals surface area contributed by atoms with Gasteiger partial charge in [-0.15, -0.1) is 0 Å². The van der Waals surface area contributed by atoms with Gasteiger partial charge in [0.1, 0.15) is 5.69 Å². The summed E-state index contributed by atoms with van der Waals surface area (Å²) >= 11 is 6.00. The standard InChI is InChI=1S/C31H28ClF3N12O/c32-19-7-11-21(12-8-19)40-30-46-28(38-13-14-48)45-29(47-30)39-20-9-3-17(4-10-20)22-15-23(16-1-5-18(6-2-16)31(33,34)35)42-26-24(41-22)25(36)43-27(37)44-26/h1-12,23,48H,13-15H2,(H5,36,37,42,43,44)(H3,38,39,40,45,46,47). The van der Waals surface area contributed by atoms with Gasteiger partial charge >= 0.3 is 6.18 Å². The van der Waals surface area contributed by atoms with Gasteiger partial charge in [-0.25, -0.2) is 4.99 Å². The summed E-state index contributed by atoms with van der Waals surface area (Å²) < 4.78 is 39.7. The maximum Gasteiger partial charge on any atom is 0.416 e. The molecule has 1 unspecified atom stereocenters. The van der Waals surface area contributed by atoms with Crippen LogP contribution in [0.25, 0.3) is 0 Å². The van der Waals surface area contributed by atoms with Crippen molar-refractivity contribution in [2.45, 2.75) is 18.6 Å². The van der Waals surface area contributed by atoms with Crippen LogP contribution in [0.15, 0.2) is 77.8 Å². The molecule has 0 saturated carbocycles. The van der Waals surface area contributed by atoms with Gasteiger partial charge in [0.15, 0.2) is 11.6 Å². The van der Waals surface area contributed by atoms with Crippen LogP contribution in [0, 0.1) is 0 Å². The highest BCUT2D eigenvalue weighted by Gasteiger charge is 2.31. The van der Waals surface area contributed by atoms with E-state index in [0.717, 1.165) is 17.7 Å². The van der Waals surface area contributed by atoms with Crippen molar-refractivity contribution in [2.75, 3.05) is 45.9 Å². The molecule has 0 fully saturated rings. The summed E-state index contributed by atoms with van der Waals surface area (Å²) in [5.74, 6) is 0.964. The smallest absolute Gasteiger partial charge is 0.395 e. The van der Waals surface area contributed by atoms with Gasteiger partial charge in [0.2, 0.25) is 23.8 Å². The second-order valence-electron chi connectivity index (χ2n) is 10.5. The Bertz CT molecular complexity index is 1940. The minimum atomic E-state index is -4.46. The number of rotatable bonds is 9. The Kier molecular flexibility index (Phi) is 9.09. The summed E-state index contributed by atoms with van der Waals surface area (Å²) in [7, 11) is 0. The molecule has 0 bridgehead atoms. The number of nitrogens with one attached hydrogen (secondary N) is 4. The topological polar surface area (TPSA) is 197 Å². The van der Waals surface area contributed by atoms with Crippen LogP contribution < -0.4 is 32.7 Å². The number of nitrogens with two attached hydrogens (primary N) is 2. The number of hydrogen-bond acceptors (Lipinski definition) is 13. The molecule has 5 aromatic rings. The lowest BCUT2D eigenvalue weighted by molar-refractivity contribution is -0.137. The maximum atomic E-state index is 13.2. The summed E-state index contributed by atoms with van der Waals surface area (Å²) in [5, 5.41) is 22.3. The third-order valence-electron chi connectivity index (χ3n) is 7.13. The number of alkyl halides is 3. The van der Waals surface area contributed by atoms with Crippen molar-refractivity contribution in [2.24, 2.45) is 4.99 Å². The Morgan fingerprint density at radius 2 is 1.42 bits per heavy atom. The van der Waals surface area contributed by atoms with Crippen LogP contribution in [0.4, 0.5) is 65.7 Å². The van der Waals surface area contributed by atoms with E-state index >= 15 is 0 Å². The van der Waals surface area contributed by atoms with Gasteiger partial charge in [-0.3, -0.25) is 0 Å². The molecule has 2 aromatic heterocycles. The molecular weight excluding hydrogens is 649 g/mol. The van der Waals surface area contributed by atoms with Crippen molar-refractivity contribution in [1.29, 1.82) is 0 Å². The molecule has 6 rings (SSSR count). The highest BCUT2D eigenvalue weighted by atomic mass is 35.5. The van der Waals surface area contributed by atoms with E-state index in [2.05, 4.69) is 46.2 Å². The first kappa shape index (κ1) is 32.2. The fourth-order valence-corrected chi connectivity index (χ4v) is 4.98. The molecule has 1 atom stereocenters. The number of fused-ring (bicyclic) bond motifs is 1. The van der Waals surface area contributed by atoms with Crippen LogP contribution in [-0.4, -0.2) is 48.9 Å². The minimum absolute atomic E-state index is 0.0531. The number of aliphatic imine (C=N–C) groups is 1. The number of halogens is 4. The average Bonchev–Trinajstić information content (AvgIpc) is 3.25. The van der Waals surface area contributed by atoms with Gasteiger partial charge in [0.25, 0.3) is 0 Å². The van der Waals surface area contributed by atoms with E-state index in [0.29, 0.717) is 27.7 Å². The van der Waals surface area contributed by atoms with Crippen LogP contribution >= 0.6 is 11.6 Å². The molecule has 1 aliphatic rings. The van der Waals surface area contributed by atoms with Gasteiger partial charge < -0.3 is 37.8 Å². The number of aliphatic hydroxyl groups is 1. The number of nitrogen functional groups attached to an aromatic ring is 2. The van der Waals surface area contributed by atoms with Crippen molar-refractivity contribution in [3.63, 3.8) is 0 Å². The molecule has 0 saturated heterocycles. The number of aliphatic hydroxyl groups excluding tert-OH is 1. The predicted octanol–water partition coefficient (Wildman–Crippen LogP) is 6.07. The number of benzene rings is 3. The third-order valence-corrected chi connectivity index (χ3v) is 7.38. The second kappa shape index (κ2) is 13.5. The Hall–Kier alpha value is -5.74. The Balaban J connectivity index is 1.28. The molecule has 246 valence electrons. The number of aromatic nitrogens is 5. The molecule has 13 nitrogen and oxygen atoms in total. The quantitative estimate of drug-likeness (QED) is 0.0953. The summed E-state index contributed by atoms with van der Waals surface area (Å²) in [6.45, 7) is 0.110. The molecule has 0 spiro atoms. The van der Waals surface area contributed by atoms with E-state index in [1.807, 2.05) is 12.1 Å². The maximum absolute atomic E-state index is 13.2. The highest BCUT2D eigenvalue weighted by Crippen LogP contribution is 2.38. The molecule has 0 amide bonds. The Morgan fingerprint density at radius 1 is 0.812 bits per heavy atom. The molecule has 0 radical (unpaired) electrons. The molecule has 48 heavy (non-hydrogen) atoms. The Labute approximate surface area is 276 Å². The largest absolute Gasteiger partial charge is 0.416 e. The van der Waals surface area contributed by atoms with Crippen LogP contribution in [0.1, 0.15) is 29.2 Å². The number of nitrogens with zero attached hydrogens (tertiary/aromatic N) is 6. The van der Waals surface area contributed by atoms with Crippen LogP contribution in [0.2, 0.25) is 5.02 Å². The first-order chi connectivity index (χ1) is 23.0. The van der Waals surface area contributed by atoms with Crippen LogP contribution in [0.5, 0.6) is 0 Å². The van der Waals surface area contributed by atoms with E-state index in [1.54, 1.807) is 36.4 Å². The molecule has 17 heteroatoms. The SMILES string of the molecule is Nc1nc(N)c2c(n1)NC(c1ccc(C(F)(F)F)cc1)CC(c1ccc(Nc3nc(NCCO)nc(Nc4ccc(Cl)cc4)n3)cc1)=N2. The van der Waals surface area contributed by atoms with Crippen LogP contribution in [0.3, 0.4) is 0 Å². The van der Waals surface area contributed by atoms with E-state index in [4.69, 9.17) is 28.1 Å². The lowest BCUT2D eigenvalue weighted by Gasteiger charge is -2.19. The van der Waals surface area contributed by atoms with Crippen molar-refractivity contribution < 1.29 is 18.3 Å². The Morgan fingerprint density at radius 3 is 2.02 bits per heavy atom. The zero-order valence-corrected chi connectivity index (χ0v) is 25.7. The van der Waals surface area contributed by atoms with Gasteiger partial charge in [0.05, 0.1) is 23.9 Å². The van der Waals surface area contributed by atoms with Crippen LogP contribution in [-0.2, 0) is 6.18 Å². The fraction of sp³-hybridized carbons (Fsp3) is 0.161. The first-order valence-corrected chi connectivity index (χ1v) is 14.9. The monoisotopic (exact) mass is 676 g/mol. The van der Waals surface area contributed by atoms with Crippen molar-refractivity contribution in [3.05, 3.63) is 94.5 Å². The van der Waals surface area contributed by atoms with Crippen molar-refractivity contribution in [3.8, 4) is 0 Å². The van der Waals surface area contributed by atoms with E-state index in [-0.39, 0.29) is 60.7 Å². The lowest BCUT2D eigenvalue weighted by atomic mass is 9.96. The number of hydrogen-bond donors (Lipinski definition) is 7. The molecular formula is C31H28ClF3N12O. The minimum Gasteiger partial charge on any atom is -0.395 e. The molecule has 3 aromatic carbocycles. The van der Waals surface area contributed by atoms with E-state index in [9.17, 15) is 18.3 Å². The van der Waals surface area contributed by atoms with Gasteiger partial charge in [-0.1, -0.05) is 35.9 Å². The predicted molar refractivity (Wildman–Crippen MR) is 179 cm³/mol. The first-order valence-electron chi connectivity index (χ1n) is 14.5. The normalized spacial score (nSPS) is 14.3. The fourth-order valence-electron chi connectivity index (χ4n) is 4.85. The van der Waals surface area contributed by atoms with E-state index < -0.39 is 17.8 Å². The summed E-state index contributed by atoms with van der Waals surface area (Å²) in [5.41, 5.74) is 14.7. The van der Waals surface area contributed by atoms with Gasteiger partial charge in [-0.2, -0.15) is 38.1 Å². The molecule has 3 heterocycles.